The van der Waals surface area contributed by atoms with E-state index in [-0.39, 0.29) is 16.3 Å². The van der Waals surface area contributed by atoms with Gasteiger partial charge in [-0.25, -0.2) is 21.6 Å². The van der Waals surface area contributed by atoms with Crippen LogP contribution in [0.5, 0.6) is 5.75 Å². The van der Waals surface area contributed by atoms with Crippen LogP contribution in [0.15, 0.2) is 71.6 Å². The van der Waals surface area contributed by atoms with Crippen LogP contribution in [0, 0.1) is 6.92 Å². The highest BCUT2D eigenvalue weighted by Crippen LogP contribution is 2.28. The highest BCUT2D eigenvalue weighted by Gasteiger charge is 2.18. The number of benzene rings is 3. The first-order valence-corrected chi connectivity index (χ1v) is 13.1. The number of carbonyl (C=O) groups is 1. The topological polar surface area (TPSA) is 128 Å². The molecule has 0 saturated heterocycles. The highest BCUT2D eigenvalue weighted by molar-refractivity contribution is 7.92. The van der Waals surface area contributed by atoms with E-state index in [0.717, 1.165) is 5.56 Å². The van der Waals surface area contributed by atoms with Gasteiger partial charge in [0.1, 0.15) is 5.75 Å². The maximum atomic E-state index is 12.8. The average Bonchev–Trinajstić information content (AvgIpc) is 2.79. The van der Waals surface area contributed by atoms with E-state index in [0.29, 0.717) is 22.6 Å². The van der Waals surface area contributed by atoms with Gasteiger partial charge in [-0.15, -0.1) is 0 Å². The molecule has 0 heterocycles. The zero-order valence-corrected chi connectivity index (χ0v) is 20.4. The lowest BCUT2D eigenvalue weighted by Gasteiger charge is -2.13. The Morgan fingerprint density at radius 2 is 1.50 bits per heavy atom. The van der Waals surface area contributed by atoms with Gasteiger partial charge in [0.2, 0.25) is 10.0 Å². The molecule has 0 aliphatic heterocycles. The van der Waals surface area contributed by atoms with Crippen molar-refractivity contribution in [1.29, 1.82) is 0 Å². The minimum atomic E-state index is -3.93. The van der Waals surface area contributed by atoms with Gasteiger partial charge in [0, 0.05) is 5.69 Å². The maximum Gasteiger partial charge on any atom is 0.337 e. The second-order valence-corrected chi connectivity index (χ2v) is 10.8. The molecule has 0 spiro atoms. The van der Waals surface area contributed by atoms with Gasteiger partial charge in [0.15, 0.2) is 0 Å². The van der Waals surface area contributed by atoms with Gasteiger partial charge in [0.25, 0.3) is 10.0 Å². The fourth-order valence-electron chi connectivity index (χ4n) is 3.10. The number of methoxy groups -OCH3 is 2. The monoisotopic (exact) mass is 504 g/mol. The first-order valence-electron chi connectivity index (χ1n) is 9.98. The zero-order chi connectivity index (χ0) is 24.9. The minimum absolute atomic E-state index is 0.0441. The SMILES string of the molecule is COC(=O)c1ccc(CS(=O)(=O)Nc2ccc(S(=O)(=O)Nc3cc(C)ccc3OC)cc2)cc1. The van der Waals surface area contributed by atoms with E-state index >= 15 is 0 Å². The molecule has 0 amide bonds. The number of ether oxygens (including phenoxy) is 2. The second-order valence-electron chi connectivity index (χ2n) is 7.38. The van der Waals surface area contributed by atoms with Crippen LogP contribution in [-0.4, -0.2) is 37.0 Å². The Morgan fingerprint density at radius 3 is 2.09 bits per heavy atom. The normalized spacial score (nSPS) is 11.5. The van der Waals surface area contributed by atoms with E-state index < -0.39 is 26.0 Å². The quantitative estimate of drug-likeness (QED) is 0.427. The third kappa shape index (κ3) is 6.27. The van der Waals surface area contributed by atoms with Gasteiger partial charge in [-0.05, 0) is 66.6 Å². The Kier molecular flexibility index (Phi) is 7.48. The lowest BCUT2D eigenvalue weighted by atomic mass is 10.1. The number of aryl methyl sites for hydroxylation is 1. The third-order valence-corrected chi connectivity index (χ3v) is 7.41. The standard InChI is InChI=1S/C23H24N2O7S2/c1-16-4-13-22(31-2)21(14-16)25-34(29,30)20-11-9-19(10-12-20)24-33(27,28)15-17-5-7-18(8-6-17)23(26)32-3/h4-14,24-25H,15H2,1-3H3. The van der Waals surface area contributed by atoms with E-state index in [2.05, 4.69) is 14.2 Å². The summed E-state index contributed by atoms with van der Waals surface area (Å²) in [5, 5.41) is 0. The van der Waals surface area contributed by atoms with E-state index in [1.54, 1.807) is 18.2 Å². The molecule has 34 heavy (non-hydrogen) atoms. The fourth-order valence-corrected chi connectivity index (χ4v) is 5.36. The van der Waals surface area contributed by atoms with Crippen LogP contribution in [0.3, 0.4) is 0 Å². The molecule has 180 valence electrons. The van der Waals surface area contributed by atoms with Crippen molar-refractivity contribution >= 4 is 37.4 Å². The van der Waals surface area contributed by atoms with Crippen molar-refractivity contribution in [1.82, 2.24) is 0 Å². The Balaban J connectivity index is 1.71. The van der Waals surface area contributed by atoms with Crippen molar-refractivity contribution in [2.75, 3.05) is 23.7 Å². The molecule has 0 aliphatic carbocycles. The van der Waals surface area contributed by atoms with Gasteiger partial charge in [0.05, 0.1) is 36.1 Å². The first-order chi connectivity index (χ1) is 16.0. The predicted molar refractivity (Wildman–Crippen MR) is 129 cm³/mol. The summed E-state index contributed by atoms with van der Waals surface area (Å²) >= 11 is 0. The number of esters is 1. The summed E-state index contributed by atoms with van der Waals surface area (Å²) in [7, 11) is -5.01. The van der Waals surface area contributed by atoms with Crippen molar-refractivity contribution in [3.05, 3.63) is 83.4 Å². The average molecular weight is 505 g/mol. The van der Waals surface area contributed by atoms with E-state index in [1.807, 2.05) is 6.92 Å². The third-order valence-electron chi connectivity index (χ3n) is 4.77. The summed E-state index contributed by atoms with van der Waals surface area (Å²) < 4.78 is 65.3. The zero-order valence-electron chi connectivity index (χ0n) is 18.7. The summed E-state index contributed by atoms with van der Waals surface area (Å²) in [6.07, 6.45) is 0. The van der Waals surface area contributed by atoms with Crippen LogP contribution in [-0.2, 0) is 30.5 Å². The van der Waals surface area contributed by atoms with E-state index in [1.165, 1.54) is 62.8 Å². The molecule has 0 unspecified atom stereocenters. The number of carbonyl (C=O) groups excluding carboxylic acids is 1. The molecule has 0 aliphatic rings. The molecule has 3 rings (SSSR count). The van der Waals surface area contributed by atoms with E-state index in [4.69, 9.17) is 4.74 Å². The van der Waals surface area contributed by atoms with Gasteiger partial charge < -0.3 is 9.47 Å². The molecule has 0 aromatic heterocycles. The van der Waals surface area contributed by atoms with Crippen LogP contribution in [0.1, 0.15) is 21.5 Å². The molecule has 0 bridgehead atoms. The molecule has 0 radical (unpaired) electrons. The summed E-state index contributed by atoms with van der Waals surface area (Å²) in [5.74, 6) is -0.473. The molecule has 0 saturated carbocycles. The van der Waals surface area contributed by atoms with Crippen LogP contribution >= 0.6 is 0 Å². The van der Waals surface area contributed by atoms with Crippen molar-refractivity contribution in [3.63, 3.8) is 0 Å². The lowest BCUT2D eigenvalue weighted by Crippen LogP contribution is -2.16. The number of hydrogen-bond donors (Lipinski definition) is 2. The van der Waals surface area contributed by atoms with Crippen molar-refractivity contribution < 1.29 is 31.1 Å². The molecular formula is C23H24N2O7S2. The molecule has 0 atom stereocenters. The Morgan fingerprint density at radius 1 is 0.853 bits per heavy atom. The molecule has 11 heteroatoms. The Hall–Kier alpha value is -3.57. The van der Waals surface area contributed by atoms with Crippen LogP contribution in [0.2, 0.25) is 0 Å². The summed E-state index contributed by atoms with van der Waals surface area (Å²) in [4.78, 5) is 11.4. The summed E-state index contributed by atoms with van der Waals surface area (Å²) in [6, 6.07) is 16.4. The van der Waals surface area contributed by atoms with Crippen molar-refractivity contribution in [3.8, 4) is 5.75 Å². The lowest BCUT2D eigenvalue weighted by molar-refractivity contribution is 0.0600. The van der Waals surface area contributed by atoms with Gasteiger partial charge in [-0.2, -0.15) is 0 Å². The van der Waals surface area contributed by atoms with Crippen LogP contribution in [0.4, 0.5) is 11.4 Å². The first kappa shape index (κ1) is 25.1. The molecule has 2 N–H and O–H groups in total. The highest BCUT2D eigenvalue weighted by atomic mass is 32.2. The van der Waals surface area contributed by atoms with E-state index in [9.17, 15) is 21.6 Å². The summed E-state index contributed by atoms with van der Waals surface area (Å²) in [6.45, 7) is 1.83. The minimum Gasteiger partial charge on any atom is -0.495 e. The predicted octanol–water partition coefficient (Wildman–Crippen LogP) is 3.53. The number of anilines is 2. The van der Waals surface area contributed by atoms with Crippen LogP contribution in [0.25, 0.3) is 0 Å². The number of rotatable bonds is 9. The van der Waals surface area contributed by atoms with Crippen LogP contribution < -0.4 is 14.2 Å². The molecule has 3 aromatic rings. The smallest absolute Gasteiger partial charge is 0.337 e. The second kappa shape index (κ2) is 10.1. The molecule has 3 aromatic carbocycles. The van der Waals surface area contributed by atoms with Crippen molar-refractivity contribution in [2.24, 2.45) is 0 Å². The Labute approximate surface area is 198 Å². The van der Waals surface area contributed by atoms with Gasteiger partial charge >= 0.3 is 5.97 Å². The van der Waals surface area contributed by atoms with Gasteiger partial charge in [-0.1, -0.05) is 18.2 Å². The Bertz CT molecular complexity index is 1380. The molecule has 9 nitrogen and oxygen atoms in total. The maximum absolute atomic E-state index is 12.8. The number of sulfonamides is 2. The fraction of sp³-hybridized carbons (Fsp3) is 0.174. The van der Waals surface area contributed by atoms with Crippen molar-refractivity contribution in [2.45, 2.75) is 17.6 Å². The number of nitrogens with one attached hydrogen (secondary N) is 2. The largest absolute Gasteiger partial charge is 0.495 e. The summed E-state index contributed by atoms with van der Waals surface area (Å²) in [5.41, 5.74) is 2.13. The number of hydrogen-bond acceptors (Lipinski definition) is 7. The molecular weight excluding hydrogens is 480 g/mol. The van der Waals surface area contributed by atoms with Gasteiger partial charge in [-0.3, -0.25) is 9.44 Å². The molecule has 0 fully saturated rings.